The van der Waals surface area contributed by atoms with E-state index in [0.29, 0.717) is 29.4 Å². The zero-order valence-corrected chi connectivity index (χ0v) is 12.0. The molecule has 6 nitrogen and oxygen atoms in total. The lowest BCUT2D eigenvalue weighted by Crippen LogP contribution is -2.15. The van der Waals surface area contributed by atoms with Crippen LogP contribution in [0, 0.1) is 0 Å². The van der Waals surface area contributed by atoms with E-state index < -0.39 is 0 Å². The second-order valence-electron chi connectivity index (χ2n) is 4.46. The molecule has 2 rings (SSSR count). The molecule has 1 heterocycles. The molecule has 6 heteroatoms. The number of carbonyl (C=O) groups is 1. The molecule has 0 radical (unpaired) electrons. The van der Waals surface area contributed by atoms with Crippen molar-refractivity contribution in [3.8, 4) is 23.0 Å². The summed E-state index contributed by atoms with van der Waals surface area (Å²) >= 11 is 0. The monoisotopic (exact) mass is 282 g/mol. The van der Waals surface area contributed by atoms with Crippen LogP contribution >= 0.6 is 0 Å². The van der Waals surface area contributed by atoms with Crippen molar-refractivity contribution in [2.45, 2.75) is 26.4 Å². The van der Waals surface area contributed by atoms with Gasteiger partial charge >= 0.3 is 5.97 Å². The van der Waals surface area contributed by atoms with Gasteiger partial charge in [0.25, 0.3) is 0 Å². The lowest BCUT2D eigenvalue weighted by molar-refractivity contribution is -0.145. The molecule has 1 aromatic rings. The number of methoxy groups -OCH3 is 2. The minimum absolute atomic E-state index is 0.130. The van der Waals surface area contributed by atoms with Crippen LogP contribution in [-0.4, -0.2) is 33.1 Å². The molecule has 0 spiro atoms. The quantitative estimate of drug-likeness (QED) is 0.769. The lowest BCUT2D eigenvalue weighted by Gasteiger charge is -2.17. The summed E-state index contributed by atoms with van der Waals surface area (Å²) in [5.74, 6) is 1.90. The highest BCUT2D eigenvalue weighted by Gasteiger charge is 2.27. The first-order valence-corrected chi connectivity index (χ1v) is 6.27. The van der Waals surface area contributed by atoms with Crippen molar-refractivity contribution in [1.29, 1.82) is 0 Å². The van der Waals surface area contributed by atoms with Crippen molar-refractivity contribution in [2.24, 2.45) is 0 Å². The van der Waals surface area contributed by atoms with E-state index in [1.807, 2.05) is 13.0 Å². The van der Waals surface area contributed by atoms with Crippen molar-refractivity contribution < 1.29 is 28.5 Å². The molecule has 1 aliphatic rings. The zero-order chi connectivity index (χ0) is 14.7. The number of esters is 1. The van der Waals surface area contributed by atoms with Crippen LogP contribution in [0.25, 0.3) is 0 Å². The first kappa shape index (κ1) is 14.3. The van der Waals surface area contributed by atoms with E-state index in [9.17, 15) is 4.79 Å². The molecule has 110 valence electrons. The van der Waals surface area contributed by atoms with Gasteiger partial charge in [-0.15, -0.1) is 0 Å². The average Bonchev–Trinajstić information content (AvgIpc) is 2.85. The Morgan fingerprint density at radius 2 is 2.00 bits per heavy atom. The van der Waals surface area contributed by atoms with Gasteiger partial charge in [-0.3, -0.25) is 4.79 Å². The van der Waals surface area contributed by atoms with Crippen LogP contribution in [0.3, 0.4) is 0 Å². The van der Waals surface area contributed by atoms with E-state index in [-0.39, 0.29) is 18.9 Å². The number of hydrogen-bond donors (Lipinski definition) is 0. The Kier molecular flexibility index (Phi) is 4.22. The Morgan fingerprint density at radius 1 is 1.30 bits per heavy atom. The van der Waals surface area contributed by atoms with Crippen LogP contribution in [0.1, 0.15) is 19.4 Å². The molecule has 0 aromatic heterocycles. The van der Waals surface area contributed by atoms with Crippen molar-refractivity contribution >= 4 is 5.97 Å². The molecule has 0 saturated carbocycles. The summed E-state index contributed by atoms with van der Waals surface area (Å²) in [6, 6.07) is 1.81. The van der Waals surface area contributed by atoms with Crippen molar-refractivity contribution in [3.05, 3.63) is 11.6 Å². The summed E-state index contributed by atoms with van der Waals surface area (Å²) in [6.07, 6.45) is 0.224. The van der Waals surface area contributed by atoms with Crippen LogP contribution in [0.4, 0.5) is 0 Å². The fourth-order valence-electron chi connectivity index (χ4n) is 2.23. The van der Waals surface area contributed by atoms with Gasteiger partial charge in [0.1, 0.15) is 6.10 Å². The molecule has 1 aliphatic heterocycles. The summed E-state index contributed by atoms with van der Waals surface area (Å²) in [5.41, 5.74) is 0.836. The van der Waals surface area contributed by atoms with Gasteiger partial charge in [0, 0.05) is 18.9 Å². The van der Waals surface area contributed by atoms with Crippen LogP contribution in [-0.2, 0) is 16.0 Å². The molecule has 0 fully saturated rings. The van der Waals surface area contributed by atoms with Gasteiger partial charge in [0.05, 0.1) is 14.2 Å². The van der Waals surface area contributed by atoms with Gasteiger partial charge in [0.15, 0.2) is 11.5 Å². The number of hydrogen-bond acceptors (Lipinski definition) is 6. The second-order valence-corrected chi connectivity index (χ2v) is 4.46. The lowest BCUT2D eigenvalue weighted by atomic mass is 10.1. The SMILES string of the molecule is COc1cc(CC(C)OC(C)=O)c(OC)c2c1OCO2. The maximum absolute atomic E-state index is 11.0. The third kappa shape index (κ3) is 2.74. The molecule has 1 unspecified atom stereocenters. The molecular weight excluding hydrogens is 264 g/mol. The molecule has 0 N–H and O–H groups in total. The highest BCUT2D eigenvalue weighted by molar-refractivity contribution is 5.66. The number of benzene rings is 1. The fourth-order valence-corrected chi connectivity index (χ4v) is 2.23. The summed E-state index contributed by atoms with van der Waals surface area (Å²) in [5, 5.41) is 0. The van der Waals surface area contributed by atoms with E-state index in [0.717, 1.165) is 5.56 Å². The predicted octanol–water partition coefficient (Wildman–Crippen LogP) is 1.93. The fraction of sp³-hybridized carbons (Fsp3) is 0.500. The molecule has 20 heavy (non-hydrogen) atoms. The van der Waals surface area contributed by atoms with Crippen LogP contribution in [0.2, 0.25) is 0 Å². The van der Waals surface area contributed by atoms with E-state index in [2.05, 4.69) is 0 Å². The molecule has 0 aliphatic carbocycles. The standard InChI is InChI=1S/C14H18O6/c1-8(20-9(2)15)5-10-6-11(16-3)13-14(12(10)17-4)19-7-18-13/h6,8H,5,7H2,1-4H3. The first-order chi connectivity index (χ1) is 9.56. The maximum atomic E-state index is 11.0. The van der Waals surface area contributed by atoms with Gasteiger partial charge in [-0.1, -0.05) is 0 Å². The van der Waals surface area contributed by atoms with E-state index >= 15 is 0 Å². The van der Waals surface area contributed by atoms with E-state index in [4.69, 9.17) is 23.7 Å². The molecule has 1 atom stereocenters. The number of rotatable bonds is 5. The van der Waals surface area contributed by atoms with Gasteiger partial charge in [-0.05, 0) is 13.0 Å². The highest BCUT2D eigenvalue weighted by atomic mass is 16.7. The summed E-state index contributed by atoms with van der Waals surface area (Å²) in [6.45, 7) is 3.33. The Morgan fingerprint density at radius 3 is 2.60 bits per heavy atom. The number of fused-ring (bicyclic) bond motifs is 1. The van der Waals surface area contributed by atoms with Gasteiger partial charge in [0.2, 0.25) is 18.3 Å². The maximum Gasteiger partial charge on any atom is 0.302 e. The topological polar surface area (TPSA) is 63.2 Å². The third-order valence-electron chi connectivity index (χ3n) is 2.94. The van der Waals surface area contributed by atoms with Crippen molar-refractivity contribution in [1.82, 2.24) is 0 Å². The van der Waals surface area contributed by atoms with E-state index in [1.54, 1.807) is 14.2 Å². The Labute approximate surface area is 117 Å². The average molecular weight is 282 g/mol. The highest BCUT2D eigenvalue weighted by Crippen LogP contribution is 2.49. The third-order valence-corrected chi connectivity index (χ3v) is 2.94. The molecular formula is C14H18O6. The molecule has 0 amide bonds. The minimum Gasteiger partial charge on any atom is -0.493 e. The summed E-state index contributed by atoms with van der Waals surface area (Å²) in [4.78, 5) is 11.0. The Hall–Kier alpha value is -2.11. The Bertz CT molecular complexity index is 511. The Balaban J connectivity index is 2.34. The predicted molar refractivity (Wildman–Crippen MR) is 70.6 cm³/mol. The van der Waals surface area contributed by atoms with Gasteiger partial charge in [-0.2, -0.15) is 0 Å². The molecule has 0 bridgehead atoms. The first-order valence-electron chi connectivity index (χ1n) is 6.27. The smallest absolute Gasteiger partial charge is 0.302 e. The van der Waals surface area contributed by atoms with E-state index in [1.165, 1.54) is 6.92 Å². The summed E-state index contributed by atoms with van der Waals surface area (Å²) < 4.78 is 26.6. The number of carbonyl (C=O) groups excluding carboxylic acids is 1. The molecule has 0 saturated heterocycles. The summed E-state index contributed by atoms with van der Waals surface area (Å²) in [7, 11) is 3.12. The molecule has 1 aromatic carbocycles. The minimum atomic E-state index is -0.316. The van der Waals surface area contributed by atoms with Crippen LogP contribution in [0.15, 0.2) is 6.07 Å². The zero-order valence-electron chi connectivity index (χ0n) is 12.0. The largest absolute Gasteiger partial charge is 0.493 e. The van der Waals surface area contributed by atoms with Crippen molar-refractivity contribution in [3.63, 3.8) is 0 Å². The van der Waals surface area contributed by atoms with Crippen LogP contribution in [0.5, 0.6) is 23.0 Å². The normalized spacial score (nSPS) is 13.8. The second kappa shape index (κ2) is 5.90. The van der Waals surface area contributed by atoms with Gasteiger partial charge in [-0.25, -0.2) is 0 Å². The van der Waals surface area contributed by atoms with Gasteiger partial charge < -0.3 is 23.7 Å². The number of ether oxygens (including phenoxy) is 5. The van der Waals surface area contributed by atoms with Crippen molar-refractivity contribution in [2.75, 3.05) is 21.0 Å². The van der Waals surface area contributed by atoms with Crippen LogP contribution < -0.4 is 18.9 Å².